The first-order chi connectivity index (χ1) is 6.72. The van der Waals surface area contributed by atoms with Crippen molar-refractivity contribution in [2.75, 3.05) is 6.61 Å². The summed E-state index contributed by atoms with van der Waals surface area (Å²) in [6.45, 7) is 1.54. The van der Waals surface area contributed by atoms with E-state index in [1.54, 1.807) is 6.07 Å². The average molecular weight is 200 g/mol. The van der Waals surface area contributed by atoms with Crippen molar-refractivity contribution >= 4 is 0 Å². The fourth-order valence-electron chi connectivity index (χ4n) is 1.24. The maximum absolute atomic E-state index is 11.8. The maximum atomic E-state index is 11.8. The molecule has 0 spiro atoms. The molecular weight excluding hydrogens is 186 g/mol. The second-order valence-electron chi connectivity index (χ2n) is 3.10. The monoisotopic (exact) mass is 200 g/mol. The Labute approximate surface area is 82.7 Å². The summed E-state index contributed by atoms with van der Waals surface area (Å²) in [5, 5.41) is 0. The van der Waals surface area contributed by atoms with Gasteiger partial charge in [0.2, 0.25) is 0 Å². The lowest BCUT2D eigenvalue weighted by Crippen LogP contribution is -2.06. The molecule has 0 amide bonds. The van der Waals surface area contributed by atoms with E-state index in [0.717, 1.165) is 18.4 Å². The molecule has 0 aromatic heterocycles. The molecule has 3 heteroatoms. The first-order valence-electron chi connectivity index (χ1n) is 4.72. The van der Waals surface area contributed by atoms with Crippen LogP contribution >= 0.6 is 0 Å². The van der Waals surface area contributed by atoms with Crippen LogP contribution in [0.1, 0.15) is 18.9 Å². The van der Waals surface area contributed by atoms with E-state index in [1.165, 1.54) is 0 Å². The smallest absolute Gasteiger partial charge is 0.272 e. The van der Waals surface area contributed by atoms with Gasteiger partial charge >= 0.3 is 0 Å². The molecule has 1 rings (SSSR count). The van der Waals surface area contributed by atoms with Crippen molar-refractivity contribution in [3.63, 3.8) is 0 Å². The van der Waals surface area contributed by atoms with Crippen molar-refractivity contribution in [1.82, 2.24) is 0 Å². The largest absolute Gasteiger partial charge is 0.488 e. The Morgan fingerprint density at radius 3 is 2.79 bits per heavy atom. The molecule has 0 saturated heterocycles. The molecule has 0 atom stereocenters. The molecule has 0 bridgehead atoms. The Morgan fingerprint density at radius 1 is 1.36 bits per heavy atom. The van der Waals surface area contributed by atoms with Crippen LogP contribution in [0.25, 0.3) is 0 Å². The standard InChI is InChI=1S/C11H14F2O/c1-2-4-9-5-3-6-10(7-9)14-8-11(12)13/h3,5-7,11H,2,4,8H2,1H3. The van der Waals surface area contributed by atoms with Crippen LogP contribution in [-0.2, 0) is 6.42 Å². The summed E-state index contributed by atoms with van der Waals surface area (Å²) in [6, 6.07) is 7.30. The van der Waals surface area contributed by atoms with Crippen molar-refractivity contribution in [2.24, 2.45) is 0 Å². The van der Waals surface area contributed by atoms with Crippen LogP contribution in [-0.4, -0.2) is 13.0 Å². The number of halogens is 2. The summed E-state index contributed by atoms with van der Waals surface area (Å²) < 4.78 is 28.6. The van der Waals surface area contributed by atoms with Gasteiger partial charge in [-0.2, -0.15) is 0 Å². The SMILES string of the molecule is CCCc1cccc(OCC(F)F)c1. The number of benzene rings is 1. The highest BCUT2D eigenvalue weighted by Gasteiger charge is 2.03. The zero-order chi connectivity index (χ0) is 10.4. The normalized spacial score (nSPS) is 10.6. The van der Waals surface area contributed by atoms with Gasteiger partial charge in [-0.05, 0) is 24.1 Å². The van der Waals surface area contributed by atoms with Gasteiger partial charge in [0.05, 0.1) is 0 Å². The summed E-state index contributed by atoms with van der Waals surface area (Å²) >= 11 is 0. The lowest BCUT2D eigenvalue weighted by atomic mass is 10.1. The van der Waals surface area contributed by atoms with Crippen LogP contribution in [0, 0.1) is 0 Å². The zero-order valence-electron chi connectivity index (χ0n) is 8.17. The zero-order valence-corrected chi connectivity index (χ0v) is 8.17. The topological polar surface area (TPSA) is 9.23 Å². The van der Waals surface area contributed by atoms with E-state index in [-0.39, 0.29) is 0 Å². The van der Waals surface area contributed by atoms with Crippen molar-refractivity contribution in [3.8, 4) is 5.75 Å². The summed E-state index contributed by atoms with van der Waals surface area (Å²) in [5.41, 5.74) is 1.12. The van der Waals surface area contributed by atoms with Gasteiger partial charge in [-0.25, -0.2) is 8.78 Å². The summed E-state index contributed by atoms with van der Waals surface area (Å²) in [6.07, 6.45) is -0.422. The highest BCUT2D eigenvalue weighted by Crippen LogP contribution is 2.15. The summed E-state index contributed by atoms with van der Waals surface area (Å²) in [4.78, 5) is 0. The number of hydrogen-bond acceptors (Lipinski definition) is 1. The quantitative estimate of drug-likeness (QED) is 0.708. The minimum atomic E-state index is -2.41. The van der Waals surface area contributed by atoms with Gasteiger partial charge in [0.15, 0.2) is 0 Å². The van der Waals surface area contributed by atoms with Crippen LogP contribution in [0.4, 0.5) is 8.78 Å². The number of ether oxygens (including phenoxy) is 1. The van der Waals surface area contributed by atoms with E-state index in [9.17, 15) is 8.78 Å². The Bertz CT molecular complexity index is 274. The fraction of sp³-hybridized carbons (Fsp3) is 0.455. The van der Waals surface area contributed by atoms with E-state index in [0.29, 0.717) is 5.75 Å². The molecule has 78 valence electrons. The minimum absolute atomic E-state index is 0.524. The highest BCUT2D eigenvalue weighted by atomic mass is 19.3. The lowest BCUT2D eigenvalue weighted by molar-refractivity contribution is 0.0818. The van der Waals surface area contributed by atoms with Crippen LogP contribution in [0.15, 0.2) is 24.3 Å². The van der Waals surface area contributed by atoms with Crippen molar-refractivity contribution < 1.29 is 13.5 Å². The molecule has 0 radical (unpaired) electrons. The Morgan fingerprint density at radius 2 is 2.14 bits per heavy atom. The van der Waals surface area contributed by atoms with Gasteiger partial charge in [-0.1, -0.05) is 25.5 Å². The molecule has 0 aliphatic rings. The van der Waals surface area contributed by atoms with Gasteiger partial charge in [-0.3, -0.25) is 0 Å². The predicted octanol–water partition coefficient (Wildman–Crippen LogP) is 3.28. The van der Waals surface area contributed by atoms with Crippen molar-refractivity contribution in [1.29, 1.82) is 0 Å². The first kappa shape index (κ1) is 11.0. The molecule has 0 saturated carbocycles. The van der Waals surface area contributed by atoms with Gasteiger partial charge in [-0.15, -0.1) is 0 Å². The van der Waals surface area contributed by atoms with E-state index < -0.39 is 13.0 Å². The third-order valence-electron chi connectivity index (χ3n) is 1.81. The van der Waals surface area contributed by atoms with Crippen molar-refractivity contribution in [2.45, 2.75) is 26.2 Å². The van der Waals surface area contributed by atoms with E-state index >= 15 is 0 Å². The van der Waals surface area contributed by atoms with Crippen LogP contribution in [0.3, 0.4) is 0 Å². The van der Waals surface area contributed by atoms with Gasteiger partial charge in [0.25, 0.3) is 6.43 Å². The first-order valence-corrected chi connectivity index (χ1v) is 4.72. The number of aryl methyl sites for hydroxylation is 1. The van der Waals surface area contributed by atoms with E-state index in [1.807, 2.05) is 18.2 Å². The molecule has 0 heterocycles. The Kier molecular flexibility index (Phi) is 4.36. The predicted molar refractivity (Wildman–Crippen MR) is 51.9 cm³/mol. The molecule has 0 fully saturated rings. The molecule has 0 unspecified atom stereocenters. The molecule has 1 aromatic carbocycles. The second kappa shape index (κ2) is 5.58. The number of rotatable bonds is 5. The van der Waals surface area contributed by atoms with E-state index in [4.69, 9.17) is 4.74 Å². The Hall–Kier alpha value is -1.12. The minimum Gasteiger partial charge on any atom is -0.488 e. The summed E-state index contributed by atoms with van der Waals surface area (Å²) in [5.74, 6) is 0.524. The van der Waals surface area contributed by atoms with Crippen LogP contribution in [0.2, 0.25) is 0 Å². The molecule has 0 aliphatic heterocycles. The lowest BCUT2D eigenvalue weighted by Gasteiger charge is -2.06. The number of hydrogen-bond donors (Lipinski definition) is 0. The average Bonchev–Trinajstić information content (AvgIpc) is 2.16. The molecular formula is C11H14F2O. The van der Waals surface area contributed by atoms with Crippen molar-refractivity contribution in [3.05, 3.63) is 29.8 Å². The maximum Gasteiger partial charge on any atom is 0.272 e. The third kappa shape index (κ3) is 3.73. The highest BCUT2D eigenvalue weighted by molar-refractivity contribution is 5.28. The second-order valence-corrected chi connectivity index (χ2v) is 3.10. The van der Waals surface area contributed by atoms with Gasteiger partial charge in [0.1, 0.15) is 12.4 Å². The molecule has 1 nitrogen and oxygen atoms in total. The molecule has 0 N–H and O–H groups in total. The third-order valence-corrected chi connectivity index (χ3v) is 1.81. The molecule has 0 aliphatic carbocycles. The fourth-order valence-corrected chi connectivity index (χ4v) is 1.24. The van der Waals surface area contributed by atoms with Gasteiger partial charge in [0, 0.05) is 0 Å². The summed E-state index contributed by atoms with van der Waals surface area (Å²) in [7, 11) is 0. The van der Waals surface area contributed by atoms with Crippen LogP contribution in [0.5, 0.6) is 5.75 Å². The van der Waals surface area contributed by atoms with Gasteiger partial charge < -0.3 is 4.74 Å². The Balaban J connectivity index is 2.54. The molecule has 14 heavy (non-hydrogen) atoms. The number of alkyl halides is 2. The molecule has 1 aromatic rings. The van der Waals surface area contributed by atoms with Crippen LogP contribution < -0.4 is 4.74 Å². The van der Waals surface area contributed by atoms with E-state index in [2.05, 4.69) is 6.92 Å².